The molecule has 1 aliphatic heterocycles. The minimum Gasteiger partial charge on any atom is -0.338 e. The van der Waals surface area contributed by atoms with Crippen LogP contribution in [-0.2, 0) is 6.54 Å². The Balaban J connectivity index is 1.68. The molecule has 5 heteroatoms. The van der Waals surface area contributed by atoms with Gasteiger partial charge in [0.05, 0.1) is 17.0 Å². The molecule has 1 amide bonds. The lowest BCUT2D eigenvalue weighted by Crippen LogP contribution is -2.28. The summed E-state index contributed by atoms with van der Waals surface area (Å²) in [6, 6.07) is 14.2. The van der Waals surface area contributed by atoms with Crippen LogP contribution in [0.3, 0.4) is 0 Å². The highest BCUT2D eigenvalue weighted by atomic mass is 32.1. The number of carbonyl (C=O) groups excluding carboxylic acids is 1. The number of amides is 1. The van der Waals surface area contributed by atoms with Crippen LogP contribution in [0.1, 0.15) is 29.3 Å². The number of hydrogen-bond donors (Lipinski definition) is 0. The molecule has 1 saturated heterocycles. The quantitative estimate of drug-likeness (QED) is 0.708. The van der Waals surface area contributed by atoms with Crippen LogP contribution in [-0.4, -0.2) is 33.7 Å². The number of aromatic nitrogens is 2. The summed E-state index contributed by atoms with van der Waals surface area (Å²) in [6.45, 7) is 4.55. The first-order valence-corrected chi connectivity index (χ1v) is 9.53. The summed E-state index contributed by atoms with van der Waals surface area (Å²) in [6.07, 6.45) is 2.99. The third kappa shape index (κ3) is 3.37. The van der Waals surface area contributed by atoms with Crippen LogP contribution in [0, 0.1) is 5.92 Å². The van der Waals surface area contributed by atoms with Crippen molar-refractivity contribution in [2.75, 3.05) is 13.1 Å². The van der Waals surface area contributed by atoms with E-state index in [1.807, 2.05) is 51.5 Å². The molecule has 0 radical (unpaired) electrons. The predicted octanol–water partition coefficient (Wildman–Crippen LogP) is 4.14. The van der Waals surface area contributed by atoms with Crippen molar-refractivity contribution in [1.82, 2.24) is 14.7 Å². The van der Waals surface area contributed by atoms with Gasteiger partial charge in [0.25, 0.3) is 5.91 Å². The van der Waals surface area contributed by atoms with E-state index in [4.69, 9.17) is 5.10 Å². The summed E-state index contributed by atoms with van der Waals surface area (Å²) >= 11 is 1.62. The van der Waals surface area contributed by atoms with Crippen LogP contribution in [0.4, 0.5) is 0 Å². The fourth-order valence-corrected chi connectivity index (χ4v) is 4.04. The van der Waals surface area contributed by atoms with E-state index in [2.05, 4.69) is 19.1 Å². The fraction of sp³-hybridized carbons (Fsp3) is 0.300. The Hall–Kier alpha value is -2.40. The van der Waals surface area contributed by atoms with Crippen molar-refractivity contribution in [2.45, 2.75) is 19.9 Å². The van der Waals surface area contributed by atoms with Gasteiger partial charge in [0, 0.05) is 19.3 Å². The number of carbonyl (C=O) groups is 1. The molecule has 3 aromatic rings. The smallest absolute Gasteiger partial charge is 0.257 e. The van der Waals surface area contributed by atoms with Crippen molar-refractivity contribution in [3.05, 3.63) is 65.2 Å². The average molecular weight is 351 g/mol. The van der Waals surface area contributed by atoms with Crippen LogP contribution in [0.15, 0.2) is 54.0 Å². The minimum absolute atomic E-state index is 0.104. The van der Waals surface area contributed by atoms with Crippen LogP contribution < -0.4 is 0 Å². The normalized spacial score (nSPS) is 17.2. The van der Waals surface area contributed by atoms with E-state index in [1.54, 1.807) is 11.3 Å². The van der Waals surface area contributed by atoms with E-state index < -0.39 is 0 Å². The first kappa shape index (κ1) is 16.1. The fourth-order valence-electron chi connectivity index (χ4n) is 3.31. The van der Waals surface area contributed by atoms with Crippen molar-refractivity contribution in [2.24, 2.45) is 5.92 Å². The monoisotopic (exact) mass is 351 g/mol. The zero-order valence-electron chi connectivity index (χ0n) is 14.3. The van der Waals surface area contributed by atoms with Crippen molar-refractivity contribution < 1.29 is 4.79 Å². The van der Waals surface area contributed by atoms with Crippen LogP contribution in [0.25, 0.3) is 10.6 Å². The molecule has 1 unspecified atom stereocenters. The van der Waals surface area contributed by atoms with Gasteiger partial charge in [0.15, 0.2) is 0 Å². The van der Waals surface area contributed by atoms with Gasteiger partial charge in [-0.25, -0.2) is 0 Å². The molecule has 0 saturated carbocycles. The largest absolute Gasteiger partial charge is 0.338 e. The SMILES string of the molecule is CC1CCN(C(=O)c2cn(Cc3ccccc3)nc2-c2cccs2)C1. The van der Waals surface area contributed by atoms with Crippen LogP contribution >= 0.6 is 11.3 Å². The molecule has 4 rings (SSSR count). The van der Waals surface area contributed by atoms with Crippen LogP contribution in [0.2, 0.25) is 0 Å². The summed E-state index contributed by atoms with van der Waals surface area (Å²) < 4.78 is 1.89. The molecule has 3 heterocycles. The molecule has 1 aromatic carbocycles. The highest BCUT2D eigenvalue weighted by Gasteiger charge is 2.28. The molecular formula is C20H21N3OS. The molecule has 0 bridgehead atoms. The lowest BCUT2D eigenvalue weighted by atomic mass is 10.2. The van der Waals surface area contributed by atoms with E-state index in [9.17, 15) is 4.79 Å². The van der Waals surface area contributed by atoms with Crippen molar-refractivity contribution >= 4 is 17.2 Å². The van der Waals surface area contributed by atoms with Crippen molar-refractivity contribution in [3.63, 3.8) is 0 Å². The van der Waals surface area contributed by atoms with Gasteiger partial charge in [-0.2, -0.15) is 5.10 Å². The molecule has 25 heavy (non-hydrogen) atoms. The van der Waals surface area contributed by atoms with E-state index in [0.717, 1.165) is 30.1 Å². The molecule has 2 aromatic heterocycles. The Labute approximate surface area is 151 Å². The molecule has 128 valence electrons. The predicted molar refractivity (Wildman–Crippen MR) is 101 cm³/mol. The van der Waals surface area contributed by atoms with Crippen molar-refractivity contribution in [1.29, 1.82) is 0 Å². The first-order chi connectivity index (χ1) is 12.2. The molecule has 4 nitrogen and oxygen atoms in total. The average Bonchev–Trinajstić information content (AvgIpc) is 3.35. The second kappa shape index (κ2) is 6.84. The second-order valence-corrected chi connectivity index (χ2v) is 7.64. The van der Waals surface area contributed by atoms with Gasteiger partial charge in [-0.15, -0.1) is 11.3 Å². The summed E-state index contributed by atoms with van der Waals surface area (Å²) in [5, 5.41) is 6.76. The summed E-state index contributed by atoms with van der Waals surface area (Å²) in [5.74, 6) is 0.681. The lowest BCUT2D eigenvalue weighted by molar-refractivity contribution is 0.0789. The van der Waals surface area contributed by atoms with Gasteiger partial charge in [-0.3, -0.25) is 9.48 Å². The van der Waals surface area contributed by atoms with Gasteiger partial charge >= 0.3 is 0 Å². The maximum absolute atomic E-state index is 13.1. The van der Waals surface area contributed by atoms with Gasteiger partial charge in [0.1, 0.15) is 5.69 Å². The maximum atomic E-state index is 13.1. The number of benzene rings is 1. The zero-order valence-corrected chi connectivity index (χ0v) is 15.1. The Bertz CT molecular complexity index is 854. The third-order valence-electron chi connectivity index (χ3n) is 4.65. The number of rotatable bonds is 4. The molecule has 1 atom stereocenters. The maximum Gasteiger partial charge on any atom is 0.257 e. The molecule has 1 fully saturated rings. The van der Waals surface area contributed by atoms with E-state index >= 15 is 0 Å². The van der Waals surface area contributed by atoms with Crippen molar-refractivity contribution in [3.8, 4) is 10.6 Å². The lowest BCUT2D eigenvalue weighted by Gasteiger charge is -2.15. The Morgan fingerprint density at radius 3 is 2.76 bits per heavy atom. The van der Waals surface area contributed by atoms with Gasteiger partial charge in [0.2, 0.25) is 0 Å². The first-order valence-electron chi connectivity index (χ1n) is 8.65. The Morgan fingerprint density at radius 1 is 1.24 bits per heavy atom. The number of thiophene rings is 1. The molecule has 1 aliphatic rings. The minimum atomic E-state index is 0.104. The number of likely N-dealkylation sites (tertiary alicyclic amines) is 1. The van der Waals surface area contributed by atoms with Gasteiger partial charge in [-0.05, 0) is 29.3 Å². The number of hydrogen-bond acceptors (Lipinski definition) is 3. The molecule has 0 aliphatic carbocycles. The second-order valence-electron chi connectivity index (χ2n) is 6.70. The molecular weight excluding hydrogens is 330 g/mol. The van der Waals surface area contributed by atoms with Crippen LogP contribution in [0.5, 0.6) is 0 Å². The van der Waals surface area contributed by atoms with E-state index in [-0.39, 0.29) is 5.91 Å². The topological polar surface area (TPSA) is 38.1 Å². The Morgan fingerprint density at radius 2 is 2.08 bits per heavy atom. The summed E-state index contributed by atoms with van der Waals surface area (Å²) in [4.78, 5) is 16.1. The Kier molecular flexibility index (Phi) is 4.40. The molecule has 0 spiro atoms. The zero-order chi connectivity index (χ0) is 17.2. The highest BCUT2D eigenvalue weighted by Crippen LogP contribution is 2.29. The number of nitrogens with zero attached hydrogens (tertiary/aromatic N) is 3. The van der Waals surface area contributed by atoms with Gasteiger partial charge in [-0.1, -0.05) is 43.3 Å². The van der Waals surface area contributed by atoms with Gasteiger partial charge < -0.3 is 4.90 Å². The highest BCUT2D eigenvalue weighted by molar-refractivity contribution is 7.13. The molecule has 0 N–H and O–H groups in total. The van der Waals surface area contributed by atoms with E-state index in [1.165, 1.54) is 5.56 Å². The summed E-state index contributed by atoms with van der Waals surface area (Å²) in [7, 11) is 0. The standard InChI is InChI=1S/C20H21N3OS/c1-15-9-10-22(12-15)20(24)17-14-23(13-16-6-3-2-4-7-16)21-19(17)18-8-5-11-25-18/h2-8,11,14-15H,9-10,12-13H2,1H3. The summed E-state index contributed by atoms with van der Waals surface area (Å²) in [5.41, 5.74) is 2.69. The third-order valence-corrected chi connectivity index (χ3v) is 5.52. The van der Waals surface area contributed by atoms with E-state index in [0.29, 0.717) is 18.0 Å².